The van der Waals surface area contributed by atoms with E-state index < -0.39 is 5.97 Å². The SMILES string of the molecule is O=C(O)c1sc2nc(OCC3CC3)ccc2c1Br. The molecule has 1 fully saturated rings. The van der Waals surface area contributed by atoms with Gasteiger partial charge in [0.1, 0.15) is 9.71 Å². The van der Waals surface area contributed by atoms with E-state index in [4.69, 9.17) is 9.84 Å². The zero-order chi connectivity index (χ0) is 12.7. The Morgan fingerprint density at radius 1 is 1.56 bits per heavy atom. The highest BCUT2D eigenvalue weighted by Gasteiger charge is 2.22. The summed E-state index contributed by atoms with van der Waals surface area (Å²) in [6, 6.07) is 3.63. The maximum absolute atomic E-state index is 11.0. The third-order valence-corrected chi connectivity index (χ3v) is 5.00. The molecule has 4 nitrogen and oxygen atoms in total. The third kappa shape index (κ3) is 2.22. The summed E-state index contributed by atoms with van der Waals surface area (Å²) in [5.74, 6) is 0.303. The number of fused-ring (bicyclic) bond motifs is 1. The number of carboxylic acid groups (broad SMARTS) is 1. The van der Waals surface area contributed by atoms with Gasteiger partial charge < -0.3 is 9.84 Å². The van der Waals surface area contributed by atoms with E-state index in [1.54, 1.807) is 6.07 Å². The van der Waals surface area contributed by atoms with Crippen molar-refractivity contribution in [2.45, 2.75) is 12.8 Å². The van der Waals surface area contributed by atoms with Crippen molar-refractivity contribution in [3.05, 3.63) is 21.5 Å². The summed E-state index contributed by atoms with van der Waals surface area (Å²) >= 11 is 4.46. The molecular weight excluding hydrogens is 318 g/mol. The number of carbonyl (C=O) groups is 1. The van der Waals surface area contributed by atoms with Gasteiger partial charge >= 0.3 is 5.97 Å². The number of halogens is 1. The molecular formula is C12H10BrNO3S. The molecule has 1 saturated carbocycles. The van der Waals surface area contributed by atoms with Gasteiger partial charge in [0.25, 0.3) is 0 Å². The number of aromatic carboxylic acids is 1. The molecule has 0 saturated heterocycles. The van der Waals surface area contributed by atoms with Gasteiger partial charge in [0, 0.05) is 11.5 Å². The second-order valence-electron chi connectivity index (χ2n) is 4.31. The average Bonchev–Trinajstić information content (AvgIpc) is 3.11. The van der Waals surface area contributed by atoms with Gasteiger partial charge in [-0.15, -0.1) is 11.3 Å². The van der Waals surface area contributed by atoms with Crippen LogP contribution in [-0.2, 0) is 0 Å². The first kappa shape index (κ1) is 11.9. The monoisotopic (exact) mass is 327 g/mol. The second kappa shape index (κ2) is 4.51. The number of ether oxygens (including phenoxy) is 1. The van der Waals surface area contributed by atoms with Crippen molar-refractivity contribution in [1.82, 2.24) is 4.98 Å². The summed E-state index contributed by atoms with van der Waals surface area (Å²) in [5.41, 5.74) is 0. The highest BCUT2D eigenvalue weighted by Crippen LogP contribution is 2.36. The first-order valence-corrected chi connectivity index (χ1v) is 7.21. The average molecular weight is 328 g/mol. The largest absolute Gasteiger partial charge is 0.477 e. The summed E-state index contributed by atoms with van der Waals surface area (Å²) in [6.45, 7) is 0.705. The molecule has 1 aliphatic carbocycles. The molecule has 0 unspecified atom stereocenters. The van der Waals surface area contributed by atoms with Crippen molar-refractivity contribution in [1.29, 1.82) is 0 Å². The number of thiophene rings is 1. The van der Waals surface area contributed by atoms with Crippen LogP contribution in [0.15, 0.2) is 16.6 Å². The van der Waals surface area contributed by atoms with E-state index in [1.165, 1.54) is 12.8 Å². The number of rotatable bonds is 4. The Kier molecular flexibility index (Phi) is 2.99. The lowest BCUT2D eigenvalue weighted by Crippen LogP contribution is -2.00. The number of hydrogen-bond donors (Lipinski definition) is 1. The van der Waals surface area contributed by atoms with Crippen molar-refractivity contribution in [3.8, 4) is 5.88 Å². The topological polar surface area (TPSA) is 59.4 Å². The number of hydrogen-bond acceptors (Lipinski definition) is 4. The van der Waals surface area contributed by atoms with Crippen LogP contribution in [0.5, 0.6) is 5.88 Å². The Labute approximate surface area is 116 Å². The van der Waals surface area contributed by atoms with Crippen LogP contribution in [0.25, 0.3) is 10.2 Å². The smallest absolute Gasteiger partial charge is 0.347 e. The van der Waals surface area contributed by atoms with Gasteiger partial charge in [-0.2, -0.15) is 0 Å². The van der Waals surface area contributed by atoms with Gasteiger partial charge in [0.05, 0.1) is 11.1 Å². The van der Waals surface area contributed by atoms with Crippen LogP contribution in [0.4, 0.5) is 0 Å². The van der Waals surface area contributed by atoms with Crippen molar-refractivity contribution >= 4 is 43.5 Å². The van der Waals surface area contributed by atoms with Crippen LogP contribution < -0.4 is 4.74 Å². The fourth-order valence-corrected chi connectivity index (χ4v) is 3.40. The predicted octanol–water partition coefficient (Wildman–Crippen LogP) is 3.55. The van der Waals surface area contributed by atoms with Crippen LogP contribution >= 0.6 is 27.3 Å². The molecule has 6 heteroatoms. The second-order valence-corrected chi connectivity index (χ2v) is 6.10. The molecule has 3 rings (SSSR count). The van der Waals surface area contributed by atoms with Gasteiger partial charge in [-0.25, -0.2) is 9.78 Å². The molecule has 0 spiro atoms. The van der Waals surface area contributed by atoms with Crippen LogP contribution in [-0.4, -0.2) is 22.7 Å². The minimum absolute atomic E-state index is 0.275. The van der Waals surface area contributed by atoms with Crippen molar-refractivity contribution in [3.63, 3.8) is 0 Å². The molecule has 0 bridgehead atoms. The molecule has 0 aliphatic heterocycles. The minimum atomic E-state index is -0.940. The van der Waals surface area contributed by atoms with Crippen molar-refractivity contribution in [2.75, 3.05) is 6.61 Å². The van der Waals surface area contributed by atoms with E-state index in [1.807, 2.05) is 6.07 Å². The minimum Gasteiger partial charge on any atom is -0.477 e. The molecule has 1 N–H and O–H groups in total. The highest BCUT2D eigenvalue weighted by atomic mass is 79.9. The Bertz CT molecular complexity index is 621. The van der Waals surface area contributed by atoms with Crippen LogP contribution in [0.3, 0.4) is 0 Å². The van der Waals surface area contributed by atoms with Crippen LogP contribution in [0, 0.1) is 5.92 Å². The zero-order valence-electron chi connectivity index (χ0n) is 9.35. The number of carboxylic acids is 1. The molecule has 2 aromatic heterocycles. The molecule has 94 valence electrons. The normalized spacial score (nSPS) is 14.9. The van der Waals surface area contributed by atoms with Crippen LogP contribution in [0.1, 0.15) is 22.5 Å². The lowest BCUT2D eigenvalue weighted by Gasteiger charge is -2.03. The first-order valence-electron chi connectivity index (χ1n) is 5.60. The summed E-state index contributed by atoms with van der Waals surface area (Å²) in [4.78, 5) is 16.3. The highest BCUT2D eigenvalue weighted by molar-refractivity contribution is 9.10. The zero-order valence-corrected chi connectivity index (χ0v) is 11.8. The van der Waals surface area contributed by atoms with Crippen LogP contribution in [0.2, 0.25) is 0 Å². The Balaban J connectivity index is 1.93. The lowest BCUT2D eigenvalue weighted by atomic mass is 10.3. The van der Waals surface area contributed by atoms with Crippen molar-refractivity contribution < 1.29 is 14.6 Å². The van der Waals surface area contributed by atoms with E-state index in [-0.39, 0.29) is 4.88 Å². The Hall–Kier alpha value is -1.14. The van der Waals surface area contributed by atoms with Gasteiger partial charge in [-0.3, -0.25) is 0 Å². The Morgan fingerprint density at radius 2 is 2.33 bits per heavy atom. The molecule has 2 aromatic rings. The predicted molar refractivity (Wildman–Crippen MR) is 72.5 cm³/mol. The number of nitrogens with zero attached hydrogens (tertiary/aromatic N) is 1. The molecule has 0 aromatic carbocycles. The molecule has 2 heterocycles. The molecule has 1 aliphatic rings. The number of aromatic nitrogens is 1. The van der Waals surface area contributed by atoms with Gasteiger partial charge in [-0.05, 0) is 40.8 Å². The summed E-state index contributed by atoms with van der Waals surface area (Å²) in [7, 11) is 0. The summed E-state index contributed by atoms with van der Waals surface area (Å²) in [6.07, 6.45) is 2.46. The van der Waals surface area contributed by atoms with E-state index in [0.717, 1.165) is 16.7 Å². The maximum Gasteiger partial charge on any atom is 0.347 e. The standard InChI is InChI=1S/C12H10BrNO3S/c13-9-7-3-4-8(17-5-6-1-2-6)14-11(7)18-10(9)12(15)16/h3-4,6H,1-2,5H2,(H,15,16). The Morgan fingerprint density at radius 3 is 3.00 bits per heavy atom. The fraction of sp³-hybridized carbons (Fsp3) is 0.333. The van der Waals surface area contributed by atoms with Gasteiger partial charge in [-0.1, -0.05) is 0 Å². The fourth-order valence-electron chi connectivity index (χ4n) is 1.64. The third-order valence-electron chi connectivity index (χ3n) is 2.83. The number of pyridine rings is 1. The molecule has 0 radical (unpaired) electrons. The van der Waals surface area contributed by atoms with E-state index in [0.29, 0.717) is 27.7 Å². The summed E-state index contributed by atoms with van der Waals surface area (Å²) in [5, 5.41) is 9.86. The van der Waals surface area contributed by atoms with Crippen molar-refractivity contribution in [2.24, 2.45) is 5.92 Å². The lowest BCUT2D eigenvalue weighted by molar-refractivity contribution is 0.0701. The van der Waals surface area contributed by atoms with E-state index >= 15 is 0 Å². The van der Waals surface area contributed by atoms with Gasteiger partial charge in [0.15, 0.2) is 0 Å². The van der Waals surface area contributed by atoms with E-state index in [9.17, 15) is 4.79 Å². The van der Waals surface area contributed by atoms with Gasteiger partial charge in [0.2, 0.25) is 5.88 Å². The summed E-state index contributed by atoms with van der Waals surface area (Å²) < 4.78 is 6.17. The quantitative estimate of drug-likeness (QED) is 0.932. The van der Waals surface area contributed by atoms with E-state index in [2.05, 4.69) is 20.9 Å². The molecule has 0 atom stereocenters. The molecule has 0 amide bonds. The first-order chi connectivity index (χ1) is 8.65. The molecule has 18 heavy (non-hydrogen) atoms. The maximum atomic E-state index is 11.0.